The first kappa shape index (κ1) is 8.86. The summed E-state index contributed by atoms with van der Waals surface area (Å²) in [4.78, 5) is 23.1. The Morgan fingerprint density at radius 2 is 2.14 bits per heavy atom. The number of nitrogen functional groups attached to an aromatic ring is 1. The summed E-state index contributed by atoms with van der Waals surface area (Å²) in [5, 5.41) is 2.96. The minimum atomic E-state index is -0.435. The van der Waals surface area contributed by atoms with Gasteiger partial charge in [-0.05, 0) is 6.42 Å². The first-order chi connectivity index (χ1) is 6.63. The Morgan fingerprint density at radius 3 is 2.86 bits per heavy atom. The average Bonchev–Trinajstić information content (AvgIpc) is 2.23. The summed E-state index contributed by atoms with van der Waals surface area (Å²) in [6.07, 6.45) is 0.866. The molecule has 6 heteroatoms. The van der Waals surface area contributed by atoms with E-state index >= 15 is 0 Å². The van der Waals surface area contributed by atoms with Gasteiger partial charge in [-0.25, -0.2) is 4.79 Å². The minimum absolute atomic E-state index is 0.117. The largest absolute Gasteiger partial charge is 0.391 e. The highest BCUT2D eigenvalue weighted by molar-refractivity contribution is 5.60. The Hall–Kier alpha value is -1.72. The Labute approximate surface area is 80.0 Å². The van der Waals surface area contributed by atoms with Gasteiger partial charge in [-0.1, -0.05) is 0 Å². The topological polar surface area (TPSA) is 82.0 Å². The number of aromatic nitrogens is 2. The second kappa shape index (κ2) is 2.90. The van der Waals surface area contributed by atoms with Gasteiger partial charge in [0.15, 0.2) is 0 Å². The van der Waals surface area contributed by atoms with Crippen molar-refractivity contribution in [1.29, 1.82) is 0 Å². The molecule has 0 aliphatic carbocycles. The Balaban J connectivity index is 2.85. The summed E-state index contributed by atoms with van der Waals surface area (Å²) in [6.45, 7) is 1.36. The third-order valence-electron chi connectivity index (χ3n) is 2.43. The van der Waals surface area contributed by atoms with Crippen LogP contribution in [0, 0.1) is 0 Å². The molecule has 6 nitrogen and oxygen atoms in total. The van der Waals surface area contributed by atoms with Gasteiger partial charge in [-0.15, -0.1) is 0 Å². The van der Waals surface area contributed by atoms with Crippen LogP contribution in [-0.2, 0) is 13.6 Å². The molecule has 1 aromatic rings. The molecule has 0 unspecified atom stereocenters. The van der Waals surface area contributed by atoms with Crippen LogP contribution in [0.5, 0.6) is 0 Å². The van der Waals surface area contributed by atoms with E-state index in [2.05, 4.69) is 5.32 Å². The van der Waals surface area contributed by atoms with E-state index in [-0.39, 0.29) is 11.4 Å². The van der Waals surface area contributed by atoms with Crippen LogP contribution in [0.3, 0.4) is 0 Å². The van der Waals surface area contributed by atoms with Crippen LogP contribution in [0.15, 0.2) is 9.59 Å². The van der Waals surface area contributed by atoms with Crippen molar-refractivity contribution >= 4 is 11.5 Å². The van der Waals surface area contributed by atoms with Crippen molar-refractivity contribution in [3.63, 3.8) is 0 Å². The molecule has 2 heterocycles. The zero-order valence-corrected chi connectivity index (χ0v) is 7.91. The van der Waals surface area contributed by atoms with Gasteiger partial charge in [0.2, 0.25) is 0 Å². The van der Waals surface area contributed by atoms with Gasteiger partial charge in [-0.3, -0.25) is 13.9 Å². The SMILES string of the molecule is Cn1c(=O)c(N)c2n(c1=O)CCCN2. The number of anilines is 2. The number of fused-ring (bicyclic) bond motifs is 1. The summed E-state index contributed by atoms with van der Waals surface area (Å²) in [5.74, 6) is 0.462. The van der Waals surface area contributed by atoms with E-state index in [9.17, 15) is 9.59 Å². The van der Waals surface area contributed by atoms with Crippen LogP contribution in [0.2, 0.25) is 0 Å². The third kappa shape index (κ3) is 1.03. The molecule has 1 aromatic heterocycles. The Morgan fingerprint density at radius 1 is 1.43 bits per heavy atom. The van der Waals surface area contributed by atoms with Gasteiger partial charge < -0.3 is 11.1 Å². The molecule has 1 aliphatic heterocycles. The first-order valence-electron chi connectivity index (χ1n) is 4.46. The molecule has 3 N–H and O–H groups in total. The molecule has 0 radical (unpaired) electrons. The average molecular weight is 196 g/mol. The Bertz CT molecular complexity index is 485. The highest BCUT2D eigenvalue weighted by Crippen LogP contribution is 2.15. The van der Waals surface area contributed by atoms with Gasteiger partial charge >= 0.3 is 5.69 Å². The summed E-state index contributed by atoms with van der Waals surface area (Å²) in [7, 11) is 1.43. The summed E-state index contributed by atoms with van der Waals surface area (Å²) in [6, 6.07) is 0. The monoisotopic (exact) mass is 196 g/mol. The number of rotatable bonds is 0. The maximum Gasteiger partial charge on any atom is 0.332 e. The lowest BCUT2D eigenvalue weighted by Gasteiger charge is -2.21. The molecule has 0 bridgehead atoms. The molecule has 0 saturated carbocycles. The zero-order valence-electron chi connectivity index (χ0n) is 7.91. The van der Waals surface area contributed by atoms with Crippen molar-refractivity contribution in [2.24, 2.45) is 7.05 Å². The van der Waals surface area contributed by atoms with E-state index in [4.69, 9.17) is 5.73 Å². The van der Waals surface area contributed by atoms with Gasteiger partial charge in [0.25, 0.3) is 5.56 Å². The van der Waals surface area contributed by atoms with Gasteiger partial charge in [0.05, 0.1) is 0 Å². The molecule has 0 amide bonds. The minimum Gasteiger partial charge on any atom is -0.391 e. The summed E-state index contributed by atoms with van der Waals surface area (Å²) in [5.41, 5.74) is 4.99. The molecule has 0 spiro atoms. The van der Waals surface area contributed by atoms with E-state index < -0.39 is 5.56 Å². The fourth-order valence-electron chi connectivity index (χ4n) is 1.63. The Kier molecular flexibility index (Phi) is 1.83. The van der Waals surface area contributed by atoms with E-state index in [0.29, 0.717) is 12.4 Å². The van der Waals surface area contributed by atoms with Crippen molar-refractivity contribution in [3.05, 3.63) is 20.8 Å². The molecule has 14 heavy (non-hydrogen) atoms. The van der Waals surface area contributed by atoms with Crippen LogP contribution >= 0.6 is 0 Å². The van der Waals surface area contributed by atoms with Crippen LogP contribution in [0.25, 0.3) is 0 Å². The normalized spacial score (nSPS) is 14.6. The molecule has 0 saturated heterocycles. The predicted octanol–water partition coefficient (Wildman–Crippen LogP) is -1.06. The van der Waals surface area contributed by atoms with Gasteiger partial charge in [-0.2, -0.15) is 0 Å². The fraction of sp³-hybridized carbons (Fsp3) is 0.500. The van der Waals surface area contributed by atoms with Crippen molar-refractivity contribution < 1.29 is 0 Å². The van der Waals surface area contributed by atoms with E-state index in [1.807, 2.05) is 0 Å². The second-order valence-corrected chi connectivity index (χ2v) is 3.34. The first-order valence-corrected chi connectivity index (χ1v) is 4.46. The van der Waals surface area contributed by atoms with Crippen LogP contribution in [0.1, 0.15) is 6.42 Å². The predicted molar refractivity (Wildman–Crippen MR) is 53.5 cm³/mol. The maximum atomic E-state index is 11.6. The molecule has 0 atom stereocenters. The molecule has 0 fully saturated rings. The standard InChI is InChI=1S/C8H12N4O2/c1-11-7(13)5(9)6-10-3-2-4-12(6)8(11)14/h10H,2-4,9H2,1H3. The lowest BCUT2D eigenvalue weighted by molar-refractivity contribution is 0.563. The quantitative estimate of drug-likeness (QED) is 0.554. The number of hydrogen-bond acceptors (Lipinski definition) is 4. The summed E-state index contributed by atoms with van der Waals surface area (Å²) >= 11 is 0. The molecule has 2 rings (SSSR count). The van der Waals surface area contributed by atoms with Crippen LogP contribution in [0.4, 0.5) is 11.5 Å². The lowest BCUT2D eigenvalue weighted by Crippen LogP contribution is -2.42. The van der Waals surface area contributed by atoms with Crippen molar-refractivity contribution in [3.8, 4) is 0 Å². The molecular formula is C8H12N4O2. The molecule has 76 valence electrons. The van der Waals surface area contributed by atoms with Crippen LogP contribution < -0.4 is 22.3 Å². The number of nitrogens with two attached hydrogens (primary N) is 1. The van der Waals surface area contributed by atoms with Crippen molar-refractivity contribution in [2.45, 2.75) is 13.0 Å². The number of hydrogen-bond donors (Lipinski definition) is 2. The van der Waals surface area contributed by atoms with Crippen molar-refractivity contribution in [2.75, 3.05) is 17.6 Å². The molecular weight excluding hydrogens is 184 g/mol. The van der Waals surface area contributed by atoms with E-state index in [1.54, 1.807) is 0 Å². The molecule has 1 aliphatic rings. The molecule has 0 aromatic carbocycles. The maximum absolute atomic E-state index is 11.6. The van der Waals surface area contributed by atoms with Crippen LogP contribution in [-0.4, -0.2) is 15.7 Å². The zero-order chi connectivity index (χ0) is 10.3. The number of nitrogens with zero attached hydrogens (tertiary/aromatic N) is 2. The second-order valence-electron chi connectivity index (χ2n) is 3.34. The third-order valence-corrected chi connectivity index (χ3v) is 2.43. The fourth-order valence-corrected chi connectivity index (χ4v) is 1.63. The van der Waals surface area contributed by atoms with Gasteiger partial charge in [0.1, 0.15) is 11.5 Å². The van der Waals surface area contributed by atoms with Gasteiger partial charge in [0, 0.05) is 20.1 Å². The lowest BCUT2D eigenvalue weighted by atomic mass is 10.3. The highest BCUT2D eigenvalue weighted by Gasteiger charge is 2.17. The summed E-state index contributed by atoms with van der Waals surface area (Å²) < 4.78 is 2.53. The smallest absolute Gasteiger partial charge is 0.332 e. The van der Waals surface area contributed by atoms with E-state index in [0.717, 1.165) is 17.5 Å². The van der Waals surface area contributed by atoms with Crippen molar-refractivity contribution in [1.82, 2.24) is 9.13 Å². The van der Waals surface area contributed by atoms with E-state index in [1.165, 1.54) is 11.6 Å². The number of nitrogens with one attached hydrogen (secondary N) is 1. The highest BCUT2D eigenvalue weighted by atomic mass is 16.2.